The van der Waals surface area contributed by atoms with Gasteiger partial charge in [0.15, 0.2) is 0 Å². The molecule has 2 aromatic rings. The van der Waals surface area contributed by atoms with Gasteiger partial charge < -0.3 is 9.80 Å². The van der Waals surface area contributed by atoms with Crippen LogP contribution in [0.25, 0.3) is 0 Å². The molecule has 6 heteroatoms. The van der Waals surface area contributed by atoms with Crippen LogP contribution >= 0.6 is 11.6 Å². The molecule has 4 saturated heterocycles. The molecule has 6 rings (SSSR count). The van der Waals surface area contributed by atoms with Gasteiger partial charge in [0.2, 0.25) is 0 Å². The van der Waals surface area contributed by atoms with Crippen molar-refractivity contribution in [3.05, 3.63) is 70.7 Å². The summed E-state index contributed by atoms with van der Waals surface area (Å²) < 4.78 is 0. The number of piperidine rings is 2. The van der Waals surface area contributed by atoms with Crippen molar-refractivity contribution in [3.8, 4) is 0 Å². The van der Waals surface area contributed by atoms with Crippen molar-refractivity contribution in [3.63, 3.8) is 0 Å². The first-order chi connectivity index (χ1) is 13.7. The predicted molar refractivity (Wildman–Crippen MR) is 111 cm³/mol. The van der Waals surface area contributed by atoms with Crippen molar-refractivity contribution in [2.24, 2.45) is 11.0 Å². The molecule has 0 aliphatic carbocycles. The van der Waals surface area contributed by atoms with Crippen LogP contribution in [0.4, 0.5) is 0 Å². The van der Waals surface area contributed by atoms with Gasteiger partial charge in [0.25, 0.3) is 5.91 Å². The third-order valence-electron chi connectivity index (χ3n) is 6.28. The Morgan fingerprint density at radius 3 is 2.32 bits per heavy atom. The number of nitrogens with one attached hydrogen (secondary N) is 1. The van der Waals surface area contributed by atoms with Crippen molar-refractivity contribution in [1.29, 1.82) is 0 Å². The van der Waals surface area contributed by atoms with Crippen LogP contribution in [0.3, 0.4) is 0 Å². The monoisotopic (exact) mass is 394 g/mol. The van der Waals surface area contributed by atoms with Crippen molar-refractivity contribution < 1.29 is 4.79 Å². The Balaban J connectivity index is 1.53. The summed E-state index contributed by atoms with van der Waals surface area (Å²) in [4.78, 5) is 17.8. The zero-order valence-electron chi connectivity index (χ0n) is 15.6. The Kier molecular flexibility index (Phi) is 4.46. The second-order valence-electron chi connectivity index (χ2n) is 8.03. The molecular formula is C22H23ClN4O. The first-order valence-corrected chi connectivity index (χ1v) is 10.2. The number of nitrogens with zero attached hydrogens (tertiary/aromatic N) is 3. The van der Waals surface area contributed by atoms with Crippen LogP contribution in [-0.2, 0) is 5.41 Å². The summed E-state index contributed by atoms with van der Waals surface area (Å²) in [5, 5.41) is 5.18. The van der Waals surface area contributed by atoms with E-state index in [-0.39, 0.29) is 11.3 Å². The van der Waals surface area contributed by atoms with Gasteiger partial charge in [-0.1, -0.05) is 54.1 Å². The van der Waals surface area contributed by atoms with Gasteiger partial charge >= 0.3 is 0 Å². The number of rotatable bonds is 3. The minimum absolute atomic E-state index is 0.174. The number of halogens is 1. The molecule has 0 saturated carbocycles. The van der Waals surface area contributed by atoms with Crippen LogP contribution < -0.4 is 5.43 Å². The van der Waals surface area contributed by atoms with Gasteiger partial charge in [0.05, 0.1) is 21.7 Å². The summed E-state index contributed by atoms with van der Waals surface area (Å²) in [6.07, 6.45) is 0. The molecule has 4 aliphatic rings. The Bertz CT molecular complexity index is 913. The van der Waals surface area contributed by atoms with E-state index in [0.717, 1.165) is 45.0 Å². The van der Waals surface area contributed by atoms with Crippen LogP contribution in [0.5, 0.6) is 0 Å². The van der Waals surface area contributed by atoms with E-state index in [2.05, 4.69) is 45.6 Å². The van der Waals surface area contributed by atoms with E-state index in [1.807, 2.05) is 12.1 Å². The molecule has 4 heterocycles. The number of benzene rings is 2. The average Bonchev–Trinajstić information content (AvgIpc) is 2.96. The lowest BCUT2D eigenvalue weighted by molar-refractivity contribution is 0.0952. The van der Waals surface area contributed by atoms with E-state index in [9.17, 15) is 4.79 Å². The van der Waals surface area contributed by atoms with Gasteiger partial charge in [-0.25, -0.2) is 5.43 Å². The largest absolute Gasteiger partial charge is 0.300 e. The minimum atomic E-state index is -0.256. The van der Waals surface area contributed by atoms with E-state index in [4.69, 9.17) is 16.7 Å². The molecule has 4 bridgehead atoms. The molecule has 144 valence electrons. The SMILES string of the molecule is O=C(NN=C1C2CN3CCN(C2)CC1(c1ccccc1)C3)c1ccccc1Cl. The summed E-state index contributed by atoms with van der Waals surface area (Å²) >= 11 is 6.18. The first-order valence-electron chi connectivity index (χ1n) is 9.79. The number of carbonyl (C=O) groups excluding carboxylic acids is 1. The lowest BCUT2D eigenvalue weighted by atomic mass is 9.66. The Morgan fingerprint density at radius 2 is 1.64 bits per heavy atom. The zero-order valence-corrected chi connectivity index (χ0v) is 16.4. The Morgan fingerprint density at radius 1 is 1.00 bits per heavy atom. The standard InChI is InChI=1S/C22H23ClN4O/c23-19-9-5-4-8-18(19)21(28)25-24-20-16-12-26-10-11-27(13-16)15-22(20,14-26)17-6-2-1-3-7-17/h1-9,16H,10-15H2,(H,25,28). The quantitative estimate of drug-likeness (QED) is 0.814. The molecule has 1 N–H and O–H groups in total. The molecule has 2 unspecified atom stereocenters. The molecular weight excluding hydrogens is 372 g/mol. The molecule has 4 fully saturated rings. The maximum absolute atomic E-state index is 12.7. The number of hydrogen-bond donors (Lipinski definition) is 1. The van der Waals surface area contributed by atoms with Crippen LogP contribution in [0.15, 0.2) is 59.7 Å². The molecule has 0 spiro atoms. The van der Waals surface area contributed by atoms with Crippen molar-refractivity contribution in [2.75, 3.05) is 39.3 Å². The van der Waals surface area contributed by atoms with Crippen LogP contribution in [-0.4, -0.2) is 60.7 Å². The van der Waals surface area contributed by atoms with Crippen LogP contribution in [0.2, 0.25) is 5.02 Å². The Hall–Kier alpha value is -2.21. The molecule has 28 heavy (non-hydrogen) atoms. The molecule has 1 amide bonds. The normalized spacial score (nSPS) is 32.3. The first kappa shape index (κ1) is 17.9. The van der Waals surface area contributed by atoms with Crippen LogP contribution in [0, 0.1) is 5.92 Å². The van der Waals surface area contributed by atoms with Gasteiger partial charge in [-0.15, -0.1) is 0 Å². The highest BCUT2D eigenvalue weighted by Gasteiger charge is 2.53. The van der Waals surface area contributed by atoms with E-state index in [1.165, 1.54) is 5.56 Å². The van der Waals surface area contributed by atoms with Crippen molar-refractivity contribution in [1.82, 2.24) is 15.2 Å². The number of hydrogen-bond acceptors (Lipinski definition) is 4. The second-order valence-corrected chi connectivity index (χ2v) is 8.44. The van der Waals surface area contributed by atoms with Crippen molar-refractivity contribution in [2.45, 2.75) is 5.41 Å². The predicted octanol–water partition coefficient (Wildman–Crippen LogP) is 2.62. The third kappa shape index (κ3) is 2.94. The van der Waals surface area contributed by atoms with Gasteiger partial charge in [0.1, 0.15) is 0 Å². The Labute approximate surface area is 170 Å². The zero-order chi connectivity index (χ0) is 19.1. The van der Waals surface area contributed by atoms with Gasteiger partial charge in [-0.05, 0) is 17.7 Å². The summed E-state index contributed by atoms with van der Waals surface area (Å²) in [6.45, 7) is 6.11. The topological polar surface area (TPSA) is 47.9 Å². The summed E-state index contributed by atoms with van der Waals surface area (Å²) in [7, 11) is 0. The fourth-order valence-electron chi connectivity index (χ4n) is 5.08. The minimum Gasteiger partial charge on any atom is -0.300 e. The lowest BCUT2D eigenvalue weighted by Crippen LogP contribution is -2.64. The fraction of sp³-hybridized carbons (Fsp3) is 0.364. The summed E-state index contributed by atoms with van der Waals surface area (Å²) in [6, 6.07) is 17.7. The summed E-state index contributed by atoms with van der Waals surface area (Å²) in [5.74, 6) is 0.0743. The highest BCUT2D eigenvalue weighted by molar-refractivity contribution is 6.33. The highest BCUT2D eigenvalue weighted by Crippen LogP contribution is 2.41. The number of fused-ring (bicyclic) bond motifs is 1. The molecule has 2 aromatic carbocycles. The third-order valence-corrected chi connectivity index (χ3v) is 6.61. The number of hydrazone groups is 1. The molecule has 4 aliphatic heterocycles. The number of carbonyl (C=O) groups is 1. The number of amides is 1. The maximum Gasteiger partial charge on any atom is 0.272 e. The second kappa shape index (κ2) is 6.99. The fourth-order valence-corrected chi connectivity index (χ4v) is 5.30. The smallest absolute Gasteiger partial charge is 0.272 e. The van der Waals surface area contributed by atoms with Gasteiger partial charge in [-0.3, -0.25) is 4.79 Å². The van der Waals surface area contributed by atoms with E-state index >= 15 is 0 Å². The van der Waals surface area contributed by atoms with E-state index in [1.54, 1.807) is 12.1 Å². The van der Waals surface area contributed by atoms with Crippen LogP contribution in [0.1, 0.15) is 15.9 Å². The van der Waals surface area contributed by atoms with Crippen molar-refractivity contribution >= 4 is 23.2 Å². The summed E-state index contributed by atoms with van der Waals surface area (Å²) in [5.41, 5.74) is 5.48. The molecule has 2 atom stereocenters. The molecule has 0 radical (unpaired) electrons. The van der Waals surface area contributed by atoms with E-state index in [0.29, 0.717) is 16.5 Å². The average molecular weight is 395 g/mol. The van der Waals surface area contributed by atoms with Gasteiger partial charge in [0, 0.05) is 45.2 Å². The lowest BCUT2D eigenvalue weighted by Gasteiger charge is -2.50. The molecule has 0 aromatic heterocycles. The van der Waals surface area contributed by atoms with Gasteiger partial charge in [-0.2, -0.15) is 5.10 Å². The molecule has 5 nitrogen and oxygen atoms in total. The highest BCUT2D eigenvalue weighted by atomic mass is 35.5. The maximum atomic E-state index is 12.7. The van der Waals surface area contributed by atoms with E-state index < -0.39 is 0 Å².